The number of rotatable bonds is 6. The Balaban J connectivity index is 1.99. The van der Waals surface area contributed by atoms with Gasteiger partial charge in [-0.1, -0.05) is 51.1 Å². The molecule has 6 atom stereocenters. The zero-order chi connectivity index (χ0) is 28.7. The van der Waals surface area contributed by atoms with E-state index in [0.29, 0.717) is 6.42 Å². The summed E-state index contributed by atoms with van der Waals surface area (Å²) in [5.74, 6) is -3.81. The average molecular weight is 540 g/mol. The van der Waals surface area contributed by atoms with Crippen molar-refractivity contribution in [3.05, 3.63) is 59.9 Å². The van der Waals surface area contributed by atoms with Crippen LogP contribution < -0.4 is 21.3 Å². The highest BCUT2D eigenvalue weighted by atomic mass is 16.3. The van der Waals surface area contributed by atoms with Gasteiger partial charge in [-0.2, -0.15) is 0 Å². The number of nitrogens with zero attached hydrogens (tertiary/aromatic N) is 1. The second-order valence-electron chi connectivity index (χ2n) is 10.4. The molecule has 2 aromatic rings. The minimum atomic E-state index is -1.30. The summed E-state index contributed by atoms with van der Waals surface area (Å²) in [7, 11) is 0. The first-order valence-corrected chi connectivity index (χ1v) is 13.1. The molecule has 1 aromatic heterocycles. The van der Waals surface area contributed by atoms with Crippen LogP contribution in [0, 0.1) is 11.8 Å². The Bertz CT molecular complexity index is 1170. The Kier molecular flexibility index (Phi) is 10.00. The SMILES string of the molecule is CC(C)CC1NC(=O)[C@H](C)[C@H](O)[C@H](Cc2ccccc2)NC(=O)[C@@H](NC(=O)c2ncccc2O)[C@@H](C)NC1=O. The first kappa shape index (κ1) is 29.6. The van der Waals surface area contributed by atoms with Crippen molar-refractivity contribution in [1.29, 1.82) is 0 Å². The molecule has 4 amide bonds. The van der Waals surface area contributed by atoms with E-state index in [0.717, 1.165) is 5.56 Å². The van der Waals surface area contributed by atoms with Gasteiger partial charge in [0.25, 0.3) is 5.91 Å². The van der Waals surface area contributed by atoms with Gasteiger partial charge in [0.15, 0.2) is 5.69 Å². The average Bonchev–Trinajstić information content (AvgIpc) is 2.89. The molecular formula is C28H37N5O6. The number of aliphatic hydroxyl groups is 1. The van der Waals surface area contributed by atoms with Crippen molar-refractivity contribution in [1.82, 2.24) is 26.3 Å². The number of amides is 4. The molecule has 6 N–H and O–H groups in total. The van der Waals surface area contributed by atoms with Crippen LogP contribution in [0.3, 0.4) is 0 Å². The monoisotopic (exact) mass is 539 g/mol. The van der Waals surface area contributed by atoms with Gasteiger partial charge in [-0.25, -0.2) is 4.98 Å². The van der Waals surface area contributed by atoms with Gasteiger partial charge in [0.05, 0.1) is 24.1 Å². The van der Waals surface area contributed by atoms with Crippen LogP contribution in [-0.4, -0.2) is 69.1 Å². The molecule has 2 heterocycles. The summed E-state index contributed by atoms with van der Waals surface area (Å²) in [6.07, 6.45) is 0.561. The van der Waals surface area contributed by atoms with Crippen molar-refractivity contribution < 1.29 is 29.4 Å². The zero-order valence-corrected chi connectivity index (χ0v) is 22.5. The summed E-state index contributed by atoms with van der Waals surface area (Å²) in [6.45, 7) is 6.89. The van der Waals surface area contributed by atoms with Crippen LogP contribution in [0.15, 0.2) is 48.7 Å². The van der Waals surface area contributed by atoms with E-state index >= 15 is 0 Å². The van der Waals surface area contributed by atoms with Gasteiger partial charge < -0.3 is 31.5 Å². The first-order chi connectivity index (χ1) is 18.5. The van der Waals surface area contributed by atoms with Crippen molar-refractivity contribution >= 4 is 23.6 Å². The minimum absolute atomic E-state index is 0.0567. The highest BCUT2D eigenvalue weighted by Crippen LogP contribution is 2.17. The normalized spacial score (nSPS) is 26.5. The Morgan fingerprint density at radius 1 is 0.974 bits per heavy atom. The van der Waals surface area contributed by atoms with Crippen LogP contribution >= 0.6 is 0 Å². The molecule has 1 saturated heterocycles. The molecule has 1 aliphatic heterocycles. The van der Waals surface area contributed by atoms with Crippen LogP contribution in [0.25, 0.3) is 0 Å². The lowest BCUT2D eigenvalue weighted by molar-refractivity contribution is -0.136. The predicted molar refractivity (Wildman–Crippen MR) is 143 cm³/mol. The molecule has 1 aliphatic rings. The van der Waals surface area contributed by atoms with E-state index in [1.807, 2.05) is 44.2 Å². The van der Waals surface area contributed by atoms with E-state index in [4.69, 9.17) is 0 Å². The van der Waals surface area contributed by atoms with E-state index in [1.54, 1.807) is 6.92 Å². The van der Waals surface area contributed by atoms with Gasteiger partial charge in [0.1, 0.15) is 17.8 Å². The van der Waals surface area contributed by atoms with E-state index in [2.05, 4.69) is 26.3 Å². The molecule has 11 nitrogen and oxygen atoms in total. The van der Waals surface area contributed by atoms with E-state index in [-0.39, 0.29) is 23.8 Å². The number of hydrogen-bond acceptors (Lipinski definition) is 7. The molecule has 11 heteroatoms. The number of aliphatic hydroxyl groups excluding tert-OH is 1. The lowest BCUT2D eigenvalue weighted by Gasteiger charge is -2.34. The Morgan fingerprint density at radius 2 is 1.67 bits per heavy atom. The number of carbonyl (C=O) groups excluding carboxylic acids is 4. The largest absolute Gasteiger partial charge is 0.505 e. The number of aromatic nitrogens is 1. The third-order valence-electron chi connectivity index (χ3n) is 6.74. The molecular weight excluding hydrogens is 502 g/mol. The second kappa shape index (κ2) is 13.2. The molecule has 210 valence electrons. The smallest absolute Gasteiger partial charge is 0.274 e. The van der Waals surface area contributed by atoms with Gasteiger partial charge in [-0.05, 0) is 43.4 Å². The van der Waals surface area contributed by atoms with Crippen LogP contribution in [0.1, 0.15) is 50.2 Å². The minimum Gasteiger partial charge on any atom is -0.505 e. The van der Waals surface area contributed by atoms with Crippen molar-refractivity contribution in [2.75, 3.05) is 0 Å². The van der Waals surface area contributed by atoms with Crippen molar-refractivity contribution in [2.24, 2.45) is 11.8 Å². The Hall–Kier alpha value is -3.99. The number of hydrogen-bond donors (Lipinski definition) is 6. The van der Waals surface area contributed by atoms with Crippen LogP contribution in [-0.2, 0) is 20.8 Å². The Morgan fingerprint density at radius 3 is 2.31 bits per heavy atom. The summed E-state index contributed by atoms with van der Waals surface area (Å²) < 4.78 is 0. The number of aromatic hydroxyl groups is 1. The van der Waals surface area contributed by atoms with Crippen LogP contribution in [0.2, 0.25) is 0 Å². The first-order valence-electron chi connectivity index (χ1n) is 13.1. The maximum atomic E-state index is 13.6. The van der Waals surface area contributed by atoms with Gasteiger partial charge in [0, 0.05) is 6.20 Å². The quantitative estimate of drug-likeness (QED) is 0.313. The summed E-state index contributed by atoms with van der Waals surface area (Å²) in [5.41, 5.74) is 0.536. The number of benzene rings is 1. The topological polar surface area (TPSA) is 170 Å². The van der Waals surface area contributed by atoms with Gasteiger partial charge in [-0.15, -0.1) is 0 Å². The highest BCUT2D eigenvalue weighted by molar-refractivity contribution is 5.98. The third-order valence-corrected chi connectivity index (χ3v) is 6.74. The van der Waals surface area contributed by atoms with Crippen molar-refractivity contribution in [3.8, 4) is 5.75 Å². The lowest BCUT2D eigenvalue weighted by atomic mass is 9.90. The molecule has 1 aromatic carbocycles. The molecule has 1 unspecified atom stereocenters. The Labute approximate surface area is 227 Å². The lowest BCUT2D eigenvalue weighted by Crippen LogP contribution is -2.64. The summed E-state index contributed by atoms with van der Waals surface area (Å²) in [4.78, 5) is 56.8. The fourth-order valence-electron chi connectivity index (χ4n) is 4.51. The van der Waals surface area contributed by atoms with E-state index in [1.165, 1.54) is 25.3 Å². The summed E-state index contributed by atoms with van der Waals surface area (Å²) in [5, 5.41) is 32.2. The van der Waals surface area contributed by atoms with Gasteiger partial charge in [-0.3, -0.25) is 19.2 Å². The van der Waals surface area contributed by atoms with Gasteiger partial charge >= 0.3 is 0 Å². The van der Waals surface area contributed by atoms with Crippen molar-refractivity contribution in [3.63, 3.8) is 0 Å². The third kappa shape index (κ3) is 7.76. The molecule has 0 radical (unpaired) electrons. The molecule has 1 fully saturated rings. The second-order valence-corrected chi connectivity index (χ2v) is 10.4. The van der Waals surface area contributed by atoms with E-state index in [9.17, 15) is 29.4 Å². The van der Waals surface area contributed by atoms with Gasteiger partial charge in [0.2, 0.25) is 17.7 Å². The highest BCUT2D eigenvalue weighted by Gasteiger charge is 2.38. The maximum Gasteiger partial charge on any atom is 0.274 e. The molecule has 0 saturated carbocycles. The molecule has 0 spiro atoms. The molecule has 39 heavy (non-hydrogen) atoms. The maximum absolute atomic E-state index is 13.6. The molecule has 3 rings (SSSR count). The van der Waals surface area contributed by atoms with Crippen LogP contribution in [0.5, 0.6) is 5.75 Å². The molecule has 0 bridgehead atoms. The fraction of sp³-hybridized carbons (Fsp3) is 0.464. The van der Waals surface area contributed by atoms with Crippen molar-refractivity contribution in [2.45, 2.75) is 70.8 Å². The number of nitrogens with one attached hydrogen (secondary N) is 4. The number of carbonyl (C=O) groups is 4. The predicted octanol–water partition coefficient (Wildman–Crippen LogP) is 0.659. The number of pyridine rings is 1. The van der Waals surface area contributed by atoms with Crippen LogP contribution in [0.4, 0.5) is 0 Å². The summed E-state index contributed by atoms with van der Waals surface area (Å²) >= 11 is 0. The fourth-order valence-corrected chi connectivity index (χ4v) is 4.51. The molecule has 0 aliphatic carbocycles. The zero-order valence-electron chi connectivity index (χ0n) is 22.5. The van der Waals surface area contributed by atoms with E-state index < -0.39 is 59.8 Å². The standard InChI is InChI=1S/C28H37N5O6/c1-15(2)13-20-26(37)30-17(4)22(33-28(39)23-21(34)11-8-12-29-23)27(38)31-19(14-18-9-6-5-7-10-18)24(35)16(3)25(36)32-20/h5-12,15-17,19-20,22,24,34-35H,13-14H2,1-4H3,(H,30,37)(H,31,38)(H,32,36)(H,33,39)/t16-,17-,19+,20?,22+,24+/m1/s1. The summed E-state index contributed by atoms with van der Waals surface area (Å²) in [6, 6.07) is 7.89.